The third-order valence-electron chi connectivity index (χ3n) is 2.24. The van der Waals surface area contributed by atoms with Gasteiger partial charge in [-0.25, -0.2) is 0 Å². The Morgan fingerprint density at radius 2 is 2.27 bits per heavy atom. The Bertz CT molecular complexity index is 225. The summed E-state index contributed by atoms with van der Waals surface area (Å²) < 4.78 is 41.4. The summed E-state index contributed by atoms with van der Waals surface area (Å²) in [4.78, 5) is 0. The van der Waals surface area contributed by atoms with Gasteiger partial charge in [-0.05, 0) is 19.0 Å². The zero-order valence-corrected chi connectivity index (χ0v) is 8.73. The minimum atomic E-state index is -4.09. The standard InChI is InChI=1S/C10H16F3NO/c1-2-14-8(5-6-10(11,12)13)9-4-3-7-15-9/h4,8,14H,2-3,5-7H2,1H3. The predicted molar refractivity (Wildman–Crippen MR) is 51.4 cm³/mol. The van der Waals surface area contributed by atoms with Crippen molar-refractivity contribution in [2.24, 2.45) is 0 Å². The Hall–Kier alpha value is -0.710. The van der Waals surface area contributed by atoms with Crippen molar-refractivity contribution in [2.75, 3.05) is 13.2 Å². The van der Waals surface area contributed by atoms with E-state index in [-0.39, 0.29) is 12.5 Å². The molecule has 0 radical (unpaired) electrons. The zero-order chi connectivity index (χ0) is 11.3. The molecular weight excluding hydrogens is 207 g/mol. The fourth-order valence-corrected chi connectivity index (χ4v) is 1.58. The first-order valence-electron chi connectivity index (χ1n) is 5.16. The molecule has 2 nitrogen and oxygen atoms in total. The molecule has 0 amide bonds. The summed E-state index contributed by atoms with van der Waals surface area (Å²) in [6, 6.07) is -0.292. The third kappa shape index (κ3) is 4.55. The number of rotatable bonds is 5. The van der Waals surface area contributed by atoms with Crippen LogP contribution in [0.4, 0.5) is 13.2 Å². The van der Waals surface area contributed by atoms with Crippen LogP contribution >= 0.6 is 0 Å². The monoisotopic (exact) mass is 223 g/mol. The largest absolute Gasteiger partial charge is 0.496 e. The van der Waals surface area contributed by atoms with Crippen LogP contribution in [0, 0.1) is 0 Å². The maximum atomic E-state index is 12.1. The number of hydrogen-bond acceptors (Lipinski definition) is 2. The molecule has 0 fully saturated rings. The van der Waals surface area contributed by atoms with Gasteiger partial charge in [0.05, 0.1) is 12.6 Å². The number of hydrogen-bond donors (Lipinski definition) is 1. The van der Waals surface area contributed by atoms with E-state index in [0.29, 0.717) is 18.9 Å². The Morgan fingerprint density at radius 3 is 2.73 bits per heavy atom. The van der Waals surface area contributed by atoms with Crippen LogP contribution in [0.2, 0.25) is 0 Å². The van der Waals surface area contributed by atoms with Crippen molar-refractivity contribution in [1.29, 1.82) is 0 Å². The van der Waals surface area contributed by atoms with E-state index in [4.69, 9.17) is 4.74 Å². The van der Waals surface area contributed by atoms with E-state index >= 15 is 0 Å². The highest BCUT2D eigenvalue weighted by Gasteiger charge is 2.29. The summed E-state index contributed by atoms with van der Waals surface area (Å²) in [5.41, 5.74) is 0. The maximum absolute atomic E-state index is 12.1. The van der Waals surface area contributed by atoms with E-state index in [2.05, 4.69) is 5.32 Å². The molecule has 1 atom stereocenters. The lowest BCUT2D eigenvalue weighted by atomic mass is 10.1. The van der Waals surface area contributed by atoms with Gasteiger partial charge in [-0.2, -0.15) is 13.2 Å². The van der Waals surface area contributed by atoms with Crippen molar-refractivity contribution in [2.45, 2.75) is 38.4 Å². The molecule has 88 valence electrons. The fraction of sp³-hybridized carbons (Fsp3) is 0.800. The van der Waals surface area contributed by atoms with Gasteiger partial charge in [0.2, 0.25) is 0 Å². The fourth-order valence-electron chi connectivity index (χ4n) is 1.58. The second kappa shape index (κ2) is 5.39. The lowest BCUT2D eigenvalue weighted by molar-refractivity contribution is -0.136. The third-order valence-corrected chi connectivity index (χ3v) is 2.24. The molecule has 0 saturated carbocycles. The van der Waals surface area contributed by atoms with Crippen molar-refractivity contribution in [3.8, 4) is 0 Å². The maximum Gasteiger partial charge on any atom is 0.389 e. The Balaban J connectivity index is 2.43. The minimum absolute atomic E-state index is 0.0448. The Kier molecular flexibility index (Phi) is 4.45. The molecule has 15 heavy (non-hydrogen) atoms. The van der Waals surface area contributed by atoms with Crippen molar-refractivity contribution >= 4 is 0 Å². The molecule has 0 aliphatic carbocycles. The highest BCUT2D eigenvalue weighted by atomic mass is 19.4. The van der Waals surface area contributed by atoms with Crippen LogP contribution in [0.5, 0.6) is 0 Å². The van der Waals surface area contributed by atoms with Gasteiger partial charge < -0.3 is 10.1 Å². The average molecular weight is 223 g/mol. The molecule has 1 N–H and O–H groups in total. The lowest BCUT2D eigenvalue weighted by Gasteiger charge is -2.19. The Labute approximate surface area is 87.5 Å². The summed E-state index contributed by atoms with van der Waals surface area (Å²) in [6.45, 7) is 3.10. The van der Waals surface area contributed by atoms with Crippen LogP contribution in [-0.2, 0) is 4.74 Å². The van der Waals surface area contributed by atoms with Crippen LogP contribution in [0.25, 0.3) is 0 Å². The molecule has 1 aliphatic rings. The van der Waals surface area contributed by atoms with Gasteiger partial charge in [0.1, 0.15) is 5.76 Å². The molecule has 0 bridgehead atoms. The molecule has 0 spiro atoms. The summed E-state index contributed by atoms with van der Waals surface area (Å²) in [6.07, 6.45) is -2.16. The van der Waals surface area contributed by atoms with Gasteiger partial charge in [0.15, 0.2) is 0 Å². The van der Waals surface area contributed by atoms with Gasteiger partial charge >= 0.3 is 6.18 Å². The zero-order valence-electron chi connectivity index (χ0n) is 8.73. The Morgan fingerprint density at radius 1 is 1.53 bits per heavy atom. The van der Waals surface area contributed by atoms with E-state index in [9.17, 15) is 13.2 Å². The number of halogens is 3. The number of likely N-dealkylation sites (N-methyl/N-ethyl adjacent to an activating group) is 1. The minimum Gasteiger partial charge on any atom is -0.496 e. The van der Waals surface area contributed by atoms with Crippen molar-refractivity contribution in [1.82, 2.24) is 5.32 Å². The summed E-state index contributed by atoms with van der Waals surface area (Å²) >= 11 is 0. The molecule has 1 heterocycles. The second-order valence-electron chi connectivity index (χ2n) is 3.51. The topological polar surface area (TPSA) is 21.3 Å². The smallest absolute Gasteiger partial charge is 0.389 e. The van der Waals surface area contributed by atoms with Gasteiger partial charge in [0.25, 0.3) is 0 Å². The molecule has 1 aliphatic heterocycles. The van der Waals surface area contributed by atoms with Crippen LogP contribution in [0.3, 0.4) is 0 Å². The first kappa shape index (κ1) is 12.4. The first-order valence-corrected chi connectivity index (χ1v) is 5.16. The molecular formula is C10H16F3NO. The number of alkyl halides is 3. The van der Waals surface area contributed by atoms with E-state index in [0.717, 1.165) is 6.42 Å². The summed E-state index contributed by atoms with van der Waals surface area (Å²) in [5.74, 6) is 0.668. The van der Waals surface area contributed by atoms with Crippen LogP contribution < -0.4 is 5.32 Å². The van der Waals surface area contributed by atoms with Crippen LogP contribution in [0.15, 0.2) is 11.8 Å². The van der Waals surface area contributed by atoms with Gasteiger partial charge in [-0.1, -0.05) is 6.92 Å². The SMILES string of the molecule is CCNC(CCC(F)(F)F)C1=CCCO1. The highest BCUT2D eigenvalue weighted by Crippen LogP contribution is 2.25. The molecule has 1 rings (SSSR count). The van der Waals surface area contributed by atoms with Crippen LogP contribution in [0.1, 0.15) is 26.2 Å². The highest BCUT2D eigenvalue weighted by molar-refractivity contribution is 5.07. The summed E-state index contributed by atoms with van der Waals surface area (Å²) in [5, 5.41) is 3.00. The molecule has 0 aromatic heterocycles. The van der Waals surface area contributed by atoms with Crippen molar-refractivity contribution in [3.63, 3.8) is 0 Å². The van der Waals surface area contributed by atoms with E-state index < -0.39 is 12.6 Å². The van der Waals surface area contributed by atoms with Gasteiger partial charge in [-0.3, -0.25) is 0 Å². The second-order valence-corrected chi connectivity index (χ2v) is 3.51. The van der Waals surface area contributed by atoms with Crippen molar-refractivity contribution in [3.05, 3.63) is 11.8 Å². The molecule has 0 aromatic carbocycles. The van der Waals surface area contributed by atoms with Gasteiger partial charge in [-0.15, -0.1) is 0 Å². The van der Waals surface area contributed by atoms with E-state index in [1.54, 1.807) is 0 Å². The first-order chi connectivity index (χ1) is 7.03. The van der Waals surface area contributed by atoms with Crippen LogP contribution in [-0.4, -0.2) is 25.4 Å². The van der Waals surface area contributed by atoms with E-state index in [1.807, 2.05) is 13.0 Å². The molecule has 5 heteroatoms. The quantitative estimate of drug-likeness (QED) is 0.773. The summed E-state index contributed by atoms with van der Waals surface area (Å²) in [7, 11) is 0. The van der Waals surface area contributed by atoms with E-state index in [1.165, 1.54) is 0 Å². The lowest BCUT2D eigenvalue weighted by Crippen LogP contribution is -2.32. The number of nitrogens with one attached hydrogen (secondary N) is 1. The normalized spacial score (nSPS) is 18.5. The number of ether oxygens (including phenoxy) is 1. The average Bonchev–Trinajstić information content (AvgIpc) is 2.63. The van der Waals surface area contributed by atoms with Gasteiger partial charge in [0, 0.05) is 12.8 Å². The van der Waals surface area contributed by atoms with Crippen molar-refractivity contribution < 1.29 is 17.9 Å². The molecule has 0 saturated heterocycles. The predicted octanol–water partition coefficient (Wildman–Crippen LogP) is 2.61. The molecule has 0 aromatic rings. The molecule has 1 unspecified atom stereocenters.